The van der Waals surface area contributed by atoms with Crippen LogP contribution < -0.4 is 15.6 Å². The predicted molar refractivity (Wildman–Crippen MR) is 112 cm³/mol. The molecule has 28 heavy (non-hydrogen) atoms. The number of amides is 1. The van der Waals surface area contributed by atoms with Gasteiger partial charge in [0.1, 0.15) is 5.75 Å². The van der Waals surface area contributed by atoms with Gasteiger partial charge in [-0.15, -0.1) is 0 Å². The molecule has 0 unspecified atom stereocenters. The van der Waals surface area contributed by atoms with Gasteiger partial charge in [0.2, 0.25) is 5.91 Å². The molecule has 0 bridgehead atoms. The Hall–Kier alpha value is -3.06. The summed E-state index contributed by atoms with van der Waals surface area (Å²) in [7, 11) is 0. The Bertz CT molecular complexity index is 999. The zero-order valence-corrected chi connectivity index (χ0v) is 16.5. The van der Waals surface area contributed by atoms with Gasteiger partial charge in [-0.05, 0) is 50.2 Å². The first-order chi connectivity index (χ1) is 13.6. The summed E-state index contributed by atoms with van der Waals surface area (Å²) in [6, 6.07) is 14.8. The van der Waals surface area contributed by atoms with E-state index >= 15 is 0 Å². The van der Waals surface area contributed by atoms with Crippen molar-refractivity contribution in [2.24, 2.45) is 0 Å². The van der Waals surface area contributed by atoms with Crippen molar-refractivity contribution < 1.29 is 9.53 Å². The maximum Gasteiger partial charge on any atom is 0.287 e. The summed E-state index contributed by atoms with van der Waals surface area (Å²) in [6.45, 7) is 4.48. The van der Waals surface area contributed by atoms with E-state index in [2.05, 4.69) is 10.3 Å². The predicted octanol–water partition coefficient (Wildman–Crippen LogP) is 3.67. The summed E-state index contributed by atoms with van der Waals surface area (Å²) in [5.41, 5.74) is 2.29. The summed E-state index contributed by atoms with van der Waals surface area (Å²) < 4.78 is 6.93. The first-order valence-electron chi connectivity index (χ1n) is 8.87. The molecule has 6 nitrogen and oxygen atoms in total. The lowest BCUT2D eigenvalue weighted by atomic mass is 10.2. The molecular weight excluding hydrogens is 374 g/mol. The molecule has 3 rings (SSSR count). The van der Waals surface area contributed by atoms with E-state index in [1.807, 2.05) is 62.4 Å². The quantitative estimate of drug-likeness (QED) is 0.618. The van der Waals surface area contributed by atoms with Crippen molar-refractivity contribution in [3.63, 3.8) is 0 Å². The number of aromatic nitrogens is 2. The molecule has 7 heteroatoms. The van der Waals surface area contributed by atoms with Crippen molar-refractivity contribution in [1.82, 2.24) is 9.55 Å². The Morgan fingerprint density at radius 2 is 1.86 bits per heavy atom. The minimum Gasteiger partial charge on any atom is -0.494 e. The Morgan fingerprint density at radius 3 is 2.54 bits per heavy atom. The largest absolute Gasteiger partial charge is 0.494 e. The molecule has 144 valence electrons. The lowest BCUT2D eigenvalue weighted by Gasteiger charge is -2.09. The van der Waals surface area contributed by atoms with Crippen molar-refractivity contribution in [1.29, 1.82) is 0 Å². The van der Waals surface area contributed by atoms with Crippen LogP contribution in [0.25, 0.3) is 5.69 Å². The number of carbonyl (C=O) groups excluding carboxylic acids is 1. The number of hydrogen-bond donors (Lipinski definition) is 1. The fourth-order valence-electron chi connectivity index (χ4n) is 2.53. The van der Waals surface area contributed by atoms with E-state index < -0.39 is 0 Å². The minimum absolute atomic E-state index is 0.101. The van der Waals surface area contributed by atoms with Gasteiger partial charge >= 0.3 is 0 Å². The number of carbonyl (C=O) groups is 1. The molecule has 1 N–H and O–H groups in total. The third kappa shape index (κ3) is 5.01. The topological polar surface area (TPSA) is 73.2 Å². The molecule has 0 atom stereocenters. The Morgan fingerprint density at radius 1 is 1.14 bits per heavy atom. The number of hydrogen-bond acceptors (Lipinski definition) is 5. The van der Waals surface area contributed by atoms with Gasteiger partial charge in [0, 0.05) is 23.8 Å². The summed E-state index contributed by atoms with van der Waals surface area (Å²) in [5, 5.41) is 3.09. The van der Waals surface area contributed by atoms with Crippen LogP contribution in [0, 0.1) is 6.92 Å². The molecular formula is C21H21N3O3S. The third-order valence-corrected chi connectivity index (χ3v) is 4.87. The molecule has 1 heterocycles. The number of nitrogens with one attached hydrogen (secondary N) is 1. The maximum absolute atomic E-state index is 12.7. The molecule has 0 aliphatic carbocycles. The molecule has 1 aromatic heterocycles. The van der Waals surface area contributed by atoms with Gasteiger partial charge in [-0.1, -0.05) is 29.5 Å². The molecule has 0 spiro atoms. The number of nitrogens with zero attached hydrogens (tertiary/aromatic N) is 2. The number of ether oxygens (including phenoxy) is 1. The fraction of sp³-hybridized carbons (Fsp3) is 0.190. The van der Waals surface area contributed by atoms with Crippen LogP contribution in [0.2, 0.25) is 0 Å². The summed E-state index contributed by atoms with van der Waals surface area (Å²) in [4.78, 5) is 29.0. The Kier molecular flexibility index (Phi) is 6.49. The molecule has 0 saturated carbocycles. The highest BCUT2D eigenvalue weighted by atomic mass is 32.2. The van der Waals surface area contributed by atoms with E-state index in [9.17, 15) is 9.59 Å². The van der Waals surface area contributed by atoms with Crippen LogP contribution in [-0.2, 0) is 4.79 Å². The Labute approximate surface area is 167 Å². The van der Waals surface area contributed by atoms with E-state index in [4.69, 9.17) is 4.74 Å². The van der Waals surface area contributed by atoms with Crippen LogP contribution >= 0.6 is 11.8 Å². The fourth-order valence-corrected chi connectivity index (χ4v) is 3.23. The molecule has 0 aliphatic rings. The second-order valence-corrected chi connectivity index (χ2v) is 7.00. The van der Waals surface area contributed by atoms with Crippen LogP contribution in [0.5, 0.6) is 5.75 Å². The molecule has 0 saturated heterocycles. The van der Waals surface area contributed by atoms with Crippen LogP contribution in [0.15, 0.2) is 70.7 Å². The van der Waals surface area contributed by atoms with Crippen LogP contribution in [0.1, 0.15) is 12.5 Å². The molecule has 0 aliphatic heterocycles. The van der Waals surface area contributed by atoms with Crippen LogP contribution in [0.3, 0.4) is 0 Å². The van der Waals surface area contributed by atoms with Crippen molar-refractivity contribution in [2.75, 3.05) is 17.7 Å². The molecule has 1 amide bonds. The van der Waals surface area contributed by atoms with Crippen molar-refractivity contribution in [2.45, 2.75) is 18.9 Å². The van der Waals surface area contributed by atoms with Crippen LogP contribution in [0.4, 0.5) is 5.69 Å². The third-order valence-electron chi connectivity index (χ3n) is 3.91. The average molecular weight is 395 g/mol. The number of benzene rings is 2. The summed E-state index contributed by atoms with van der Waals surface area (Å²) >= 11 is 1.12. The van der Waals surface area contributed by atoms with E-state index in [1.165, 1.54) is 4.57 Å². The van der Waals surface area contributed by atoms with Crippen molar-refractivity contribution >= 4 is 23.4 Å². The first kappa shape index (κ1) is 19.7. The van der Waals surface area contributed by atoms with Gasteiger partial charge in [-0.25, -0.2) is 4.98 Å². The number of rotatable bonds is 7. The van der Waals surface area contributed by atoms with Gasteiger partial charge in [-0.2, -0.15) is 0 Å². The number of thioether (sulfide) groups is 1. The van der Waals surface area contributed by atoms with Crippen molar-refractivity contribution in [3.05, 3.63) is 76.8 Å². The Balaban J connectivity index is 1.68. The zero-order valence-electron chi connectivity index (χ0n) is 15.7. The van der Waals surface area contributed by atoms with Gasteiger partial charge in [0.25, 0.3) is 5.56 Å². The molecule has 0 radical (unpaired) electrons. The monoisotopic (exact) mass is 395 g/mol. The normalized spacial score (nSPS) is 10.5. The van der Waals surface area contributed by atoms with Gasteiger partial charge in [0.15, 0.2) is 5.03 Å². The highest BCUT2D eigenvalue weighted by Crippen LogP contribution is 2.16. The maximum atomic E-state index is 12.7. The van der Waals surface area contributed by atoms with Gasteiger partial charge < -0.3 is 10.1 Å². The van der Waals surface area contributed by atoms with Crippen molar-refractivity contribution in [3.8, 4) is 11.4 Å². The highest BCUT2D eigenvalue weighted by molar-refractivity contribution is 7.99. The number of anilines is 1. The average Bonchev–Trinajstić information content (AvgIpc) is 2.70. The lowest BCUT2D eigenvalue weighted by Crippen LogP contribution is -2.22. The summed E-state index contributed by atoms with van der Waals surface area (Å²) in [5.74, 6) is 0.658. The van der Waals surface area contributed by atoms with E-state index in [-0.39, 0.29) is 22.2 Å². The van der Waals surface area contributed by atoms with E-state index in [0.29, 0.717) is 12.3 Å². The SMILES string of the molecule is CCOc1ccc(-n2ccnc(SCC(=O)Nc3ccc(C)cc3)c2=O)cc1. The highest BCUT2D eigenvalue weighted by Gasteiger charge is 2.10. The van der Waals surface area contributed by atoms with Crippen LogP contribution in [-0.4, -0.2) is 27.8 Å². The number of aryl methyl sites for hydroxylation is 1. The van der Waals surface area contributed by atoms with E-state index in [1.54, 1.807) is 12.4 Å². The molecule has 3 aromatic rings. The second-order valence-electron chi connectivity index (χ2n) is 6.04. The zero-order chi connectivity index (χ0) is 19.9. The second kappa shape index (κ2) is 9.23. The first-order valence-corrected chi connectivity index (χ1v) is 9.85. The molecule has 0 fully saturated rings. The van der Waals surface area contributed by atoms with Gasteiger partial charge in [0.05, 0.1) is 12.4 Å². The van der Waals surface area contributed by atoms with Gasteiger partial charge in [-0.3, -0.25) is 14.2 Å². The lowest BCUT2D eigenvalue weighted by molar-refractivity contribution is -0.113. The molecule has 2 aromatic carbocycles. The smallest absolute Gasteiger partial charge is 0.287 e. The minimum atomic E-state index is -0.264. The van der Waals surface area contributed by atoms with E-state index in [0.717, 1.165) is 28.8 Å². The standard InChI is InChI=1S/C21H21N3O3S/c1-3-27-18-10-8-17(9-11-18)24-13-12-22-20(21(24)26)28-14-19(25)23-16-6-4-15(2)5-7-16/h4-13H,3,14H2,1-2H3,(H,23,25). The summed E-state index contributed by atoms with van der Waals surface area (Å²) in [6.07, 6.45) is 3.16.